The van der Waals surface area contributed by atoms with Crippen LogP contribution in [0.3, 0.4) is 0 Å². The van der Waals surface area contributed by atoms with Gasteiger partial charge in [-0.25, -0.2) is 0 Å². The first-order valence-corrected chi connectivity index (χ1v) is 12.9. The van der Waals surface area contributed by atoms with Gasteiger partial charge in [-0.05, 0) is 0 Å². The molecule has 0 aromatic carbocycles. The minimum atomic E-state index is -2.78. The van der Waals surface area contributed by atoms with Crippen molar-refractivity contribution in [1.29, 1.82) is 0 Å². The minimum absolute atomic E-state index is 0.308. The Bertz CT molecular complexity index is 191. The summed E-state index contributed by atoms with van der Waals surface area (Å²) in [5.74, 6) is 0. The van der Waals surface area contributed by atoms with Gasteiger partial charge in [0.05, 0.1) is 0 Å². The molecule has 0 bridgehead atoms. The van der Waals surface area contributed by atoms with Gasteiger partial charge < -0.3 is 0 Å². The normalized spacial score (nSPS) is 12.5. The Kier molecular flexibility index (Phi) is 3.50. The van der Waals surface area contributed by atoms with Gasteiger partial charge in [0.25, 0.3) is 0 Å². The zero-order valence-electron chi connectivity index (χ0n) is 7.00. The number of nitrogens with zero attached hydrogens (tertiary/aromatic N) is 1. The summed E-state index contributed by atoms with van der Waals surface area (Å²) in [4.78, 5) is 2.03. The molecule has 0 heterocycles. The van der Waals surface area contributed by atoms with Gasteiger partial charge in [0, 0.05) is 0 Å². The first kappa shape index (κ1) is 9.87. The van der Waals surface area contributed by atoms with Gasteiger partial charge in [-0.2, -0.15) is 0 Å². The van der Waals surface area contributed by atoms with E-state index < -0.39 is 10.9 Å². The molecule has 0 aromatic heterocycles. The third-order valence-electron chi connectivity index (χ3n) is 1.10. The molecule has 0 saturated heterocycles. The van der Waals surface area contributed by atoms with Crippen LogP contribution in [0.4, 0.5) is 0 Å². The molecule has 63 valence electrons. The number of nitrogens with one attached hydrogen (secondary N) is 1. The summed E-state index contributed by atoms with van der Waals surface area (Å²) >= 11 is 0. The summed E-state index contributed by atoms with van der Waals surface area (Å²) < 4.78 is 23.5. The molecule has 0 aliphatic rings. The summed E-state index contributed by atoms with van der Waals surface area (Å²) in [5, 5.41) is 0. The predicted octanol–water partition coefficient (Wildman–Crippen LogP) is -0.678. The van der Waals surface area contributed by atoms with Crippen LogP contribution in [0.15, 0.2) is 0 Å². The van der Waals surface area contributed by atoms with Gasteiger partial charge in [0.15, 0.2) is 0 Å². The zero-order valence-corrected chi connectivity index (χ0v) is 14.2. The van der Waals surface area contributed by atoms with Gasteiger partial charge in [-0.15, -0.1) is 0 Å². The number of hydrogen-bond donors (Lipinski definition) is 1. The Hall–Kier alpha value is -1.13. The van der Waals surface area contributed by atoms with E-state index in [1.165, 1.54) is 0 Å². The van der Waals surface area contributed by atoms with Crippen molar-refractivity contribution in [1.82, 2.24) is 9.62 Å². The van der Waals surface area contributed by atoms with E-state index in [-0.39, 0.29) is 0 Å². The average Bonchev–Trinajstić information content (AvgIpc) is 1.78. The van der Waals surface area contributed by atoms with Gasteiger partial charge in [0.2, 0.25) is 0 Å². The van der Waals surface area contributed by atoms with E-state index in [2.05, 4.69) is 4.72 Å². The fourth-order valence-electron chi connectivity index (χ4n) is 0.623. The maximum atomic E-state index is 10.6. The molecule has 0 spiro atoms. The summed E-state index contributed by atoms with van der Waals surface area (Å²) in [7, 11) is 1.16. The van der Waals surface area contributed by atoms with Crippen LogP contribution >= 0.6 is 0 Å². The molecule has 1 N–H and O–H groups in total. The molecule has 0 rings (SSSR count). The van der Waals surface area contributed by atoms with Crippen LogP contribution in [0.25, 0.3) is 0 Å². The topological polar surface area (TPSA) is 49.4 Å². The molecule has 0 fully saturated rings. The Morgan fingerprint density at radius 1 is 1.45 bits per heavy atom. The Balaban J connectivity index is 3.30. The Labute approximate surface area is 63.3 Å². The first-order valence-electron chi connectivity index (χ1n) is 3.39. The van der Waals surface area contributed by atoms with E-state index in [0.717, 1.165) is 13.0 Å². The number of rotatable bonds is 5. The van der Waals surface area contributed by atoms with Crippen molar-refractivity contribution < 1.29 is 8.42 Å². The fraction of sp³-hybridized carbons (Fsp3) is 1.00. The molecule has 0 aromatic rings. The fourth-order valence-corrected chi connectivity index (χ4v) is 3.04. The van der Waals surface area contributed by atoms with Crippen molar-refractivity contribution in [3.8, 4) is 0 Å². The molecule has 11 heavy (non-hydrogen) atoms. The zero-order chi connectivity index (χ0) is 8.91. The molecular weight excluding hydrogens is 419 g/mol. The maximum absolute atomic E-state index is 10.6. The average molecular weight is 432 g/mol. The summed E-state index contributed by atoms with van der Waals surface area (Å²) in [6, 6.07) is 0. The second-order valence-electron chi connectivity index (χ2n) is 2.67. The van der Waals surface area contributed by atoms with Crippen molar-refractivity contribution in [3.63, 3.8) is 0 Å². The summed E-state index contributed by atoms with van der Waals surface area (Å²) in [6.07, 6.45) is 0.881. The second-order valence-corrected chi connectivity index (χ2v) is 14.5. The van der Waals surface area contributed by atoms with Crippen molar-refractivity contribution in [3.05, 3.63) is 0 Å². The molecule has 0 saturated carbocycles. The summed E-state index contributed by atoms with van der Waals surface area (Å²) in [5.41, 5.74) is 0. The second kappa shape index (κ2) is 3.90. The molecule has 0 radical (unpaired) electrons. The standard InChI is InChI=1S/C5H13N2O2S.Rf/c1-7(2)5-3-4-6-10(8)9;/h3-5H2,1-2H3,(H,6,8,9);. The van der Waals surface area contributed by atoms with Crippen molar-refractivity contribution in [2.45, 2.75) is 6.42 Å². The van der Waals surface area contributed by atoms with E-state index in [9.17, 15) is 8.42 Å². The van der Waals surface area contributed by atoms with Crippen LogP contribution in [0, 0.1) is 0 Å². The van der Waals surface area contributed by atoms with Crippen LogP contribution in [0.5, 0.6) is 0 Å². The Morgan fingerprint density at radius 3 is 2.36 bits per heavy atom. The van der Waals surface area contributed by atoms with E-state index in [1.807, 2.05) is 19.0 Å². The predicted molar refractivity (Wildman–Crippen MR) is 40.1 cm³/mol. The van der Waals surface area contributed by atoms with E-state index >= 15 is 0 Å². The quantitative estimate of drug-likeness (QED) is 0.587. The molecule has 0 aliphatic heterocycles. The SMILES string of the molecule is CN(C)CCCN[S](=O)(=O)[Rf]. The van der Waals surface area contributed by atoms with Crippen molar-refractivity contribution in [2.24, 2.45) is 0 Å². The van der Waals surface area contributed by atoms with Crippen molar-refractivity contribution >= 4 is 10.9 Å². The van der Waals surface area contributed by atoms with Gasteiger partial charge in [-0.3, -0.25) is 0 Å². The number of hydrogen-bond acceptors (Lipinski definition) is 3. The molecule has 0 amide bonds. The first-order chi connectivity index (χ1) is 4.92. The molecule has 6 heteroatoms. The van der Waals surface area contributed by atoms with Crippen LogP contribution in [-0.4, -0.2) is 40.5 Å². The third-order valence-corrected chi connectivity index (χ3v) is 4.52. The van der Waals surface area contributed by atoms with E-state index in [0.29, 0.717) is 6.54 Å². The third kappa shape index (κ3) is 8.87. The van der Waals surface area contributed by atoms with Crippen molar-refractivity contribution in [2.75, 3.05) is 27.2 Å². The van der Waals surface area contributed by atoms with Gasteiger partial charge >= 0.3 is 62.5 Å². The molecular formula is C5H13N2O2RfS. The van der Waals surface area contributed by atoms with Crippen LogP contribution in [-0.2, 0) is 10.9 Å². The molecule has 0 atom stereocenters. The Morgan fingerprint density at radius 2 is 2.00 bits per heavy atom. The van der Waals surface area contributed by atoms with E-state index in [1.54, 1.807) is 0 Å². The molecule has 0 unspecified atom stereocenters. The van der Waals surface area contributed by atoms with Gasteiger partial charge in [-0.1, -0.05) is 0 Å². The molecule has 0 aliphatic carbocycles. The van der Waals surface area contributed by atoms with E-state index in [4.69, 9.17) is 0 Å². The monoisotopic (exact) mass is 432 g/mol. The molecule has 4 nitrogen and oxygen atoms in total. The summed E-state index contributed by atoms with van der Waals surface area (Å²) in [6.45, 7) is 1.51. The van der Waals surface area contributed by atoms with Crippen LogP contribution in [0.2, 0.25) is 0 Å². The van der Waals surface area contributed by atoms with Gasteiger partial charge in [0.1, 0.15) is 0 Å². The van der Waals surface area contributed by atoms with Crippen LogP contribution in [0.1, 0.15) is 6.42 Å². The van der Waals surface area contributed by atoms with Crippen LogP contribution < -0.4 is 4.72 Å².